The number of rotatable bonds is 8. The summed E-state index contributed by atoms with van der Waals surface area (Å²) in [5.41, 5.74) is 4.46. The molecule has 0 aromatic heterocycles. The zero-order valence-electron chi connectivity index (χ0n) is 17.8. The SMILES string of the molecule is CCOc1cc(C=Nc2ccccc2C)ccc1OCC(=O)Nc1ccc(C)c(Cl)c1. The third kappa shape index (κ3) is 6.33. The summed E-state index contributed by atoms with van der Waals surface area (Å²) in [6, 6.07) is 18.8. The molecule has 0 atom stereocenters. The van der Waals surface area contributed by atoms with Crippen molar-refractivity contribution in [3.05, 3.63) is 82.4 Å². The van der Waals surface area contributed by atoms with Crippen LogP contribution in [0.1, 0.15) is 23.6 Å². The van der Waals surface area contributed by atoms with Gasteiger partial charge in [0.2, 0.25) is 0 Å². The van der Waals surface area contributed by atoms with Crippen LogP contribution in [0.15, 0.2) is 65.7 Å². The van der Waals surface area contributed by atoms with E-state index in [0.717, 1.165) is 22.4 Å². The number of anilines is 1. The molecule has 31 heavy (non-hydrogen) atoms. The highest BCUT2D eigenvalue weighted by atomic mass is 35.5. The predicted octanol–water partition coefficient (Wildman–Crippen LogP) is 6.12. The van der Waals surface area contributed by atoms with E-state index in [9.17, 15) is 4.79 Å². The number of carbonyl (C=O) groups is 1. The molecule has 3 aromatic carbocycles. The molecule has 0 saturated heterocycles. The van der Waals surface area contributed by atoms with E-state index in [4.69, 9.17) is 21.1 Å². The summed E-state index contributed by atoms with van der Waals surface area (Å²) in [6.07, 6.45) is 1.78. The Balaban J connectivity index is 1.67. The first kappa shape index (κ1) is 22.4. The van der Waals surface area contributed by atoms with Crippen molar-refractivity contribution >= 4 is 35.1 Å². The molecule has 0 unspecified atom stereocenters. The molecule has 3 aromatic rings. The molecule has 0 aliphatic carbocycles. The van der Waals surface area contributed by atoms with Crippen molar-refractivity contribution in [1.29, 1.82) is 0 Å². The van der Waals surface area contributed by atoms with Crippen molar-refractivity contribution in [3.8, 4) is 11.5 Å². The number of para-hydroxylation sites is 1. The van der Waals surface area contributed by atoms with Crippen LogP contribution in [-0.4, -0.2) is 25.3 Å². The minimum absolute atomic E-state index is 0.151. The molecule has 0 saturated carbocycles. The summed E-state index contributed by atoms with van der Waals surface area (Å²) in [4.78, 5) is 16.8. The summed E-state index contributed by atoms with van der Waals surface area (Å²) in [7, 11) is 0. The van der Waals surface area contributed by atoms with Gasteiger partial charge in [0.05, 0.1) is 12.3 Å². The van der Waals surface area contributed by atoms with Crippen molar-refractivity contribution < 1.29 is 14.3 Å². The minimum Gasteiger partial charge on any atom is -0.490 e. The van der Waals surface area contributed by atoms with E-state index >= 15 is 0 Å². The molecule has 0 spiro atoms. The van der Waals surface area contributed by atoms with Gasteiger partial charge in [-0.05, 0) is 73.9 Å². The summed E-state index contributed by atoms with van der Waals surface area (Å²) >= 11 is 6.10. The standard InChI is InChI=1S/C25H25ClN2O3/c1-4-30-24-13-19(15-27-22-8-6-5-7-18(22)3)10-12-23(24)31-16-25(29)28-20-11-9-17(2)21(26)14-20/h5-15H,4,16H2,1-3H3,(H,28,29). The average Bonchev–Trinajstić information content (AvgIpc) is 2.75. The topological polar surface area (TPSA) is 59.9 Å². The first-order chi connectivity index (χ1) is 15.0. The maximum atomic E-state index is 12.3. The monoisotopic (exact) mass is 436 g/mol. The number of hydrogen-bond donors (Lipinski definition) is 1. The zero-order valence-corrected chi connectivity index (χ0v) is 18.6. The van der Waals surface area contributed by atoms with Gasteiger partial charge < -0.3 is 14.8 Å². The number of halogens is 1. The molecule has 0 radical (unpaired) electrons. The number of nitrogens with zero attached hydrogens (tertiary/aromatic N) is 1. The highest BCUT2D eigenvalue weighted by Crippen LogP contribution is 2.28. The molecule has 160 valence electrons. The molecule has 3 rings (SSSR count). The Hall–Kier alpha value is -3.31. The van der Waals surface area contributed by atoms with Gasteiger partial charge in [0.25, 0.3) is 5.91 Å². The number of nitrogens with one attached hydrogen (secondary N) is 1. The van der Waals surface area contributed by atoms with E-state index in [0.29, 0.717) is 28.8 Å². The Morgan fingerprint density at radius 1 is 1.00 bits per heavy atom. The second-order valence-corrected chi connectivity index (χ2v) is 7.39. The van der Waals surface area contributed by atoms with Crippen molar-refractivity contribution in [2.45, 2.75) is 20.8 Å². The third-order valence-electron chi connectivity index (χ3n) is 4.55. The van der Waals surface area contributed by atoms with Crippen LogP contribution in [0, 0.1) is 13.8 Å². The quantitative estimate of drug-likeness (QED) is 0.432. The van der Waals surface area contributed by atoms with E-state index in [1.54, 1.807) is 24.4 Å². The fraction of sp³-hybridized carbons (Fsp3) is 0.200. The summed E-state index contributed by atoms with van der Waals surface area (Å²) < 4.78 is 11.4. The van der Waals surface area contributed by atoms with E-state index in [1.807, 2.05) is 63.2 Å². The van der Waals surface area contributed by atoms with E-state index in [-0.39, 0.29) is 12.5 Å². The first-order valence-electron chi connectivity index (χ1n) is 10.0. The van der Waals surface area contributed by atoms with Crippen LogP contribution in [0.2, 0.25) is 5.02 Å². The molecule has 5 nitrogen and oxygen atoms in total. The molecular formula is C25H25ClN2O3. The van der Waals surface area contributed by atoms with Gasteiger partial charge in [0.1, 0.15) is 0 Å². The van der Waals surface area contributed by atoms with Crippen molar-refractivity contribution in [3.63, 3.8) is 0 Å². The lowest BCUT2D eigenvalue weighted by Gasteiger charge is -2.13. The fourth-order valence-electron chi connectivity index (χ4n) is 2.86. The summed E-state index contributed by atoms with van der Waals surface area (Å²) in [6.45, 7) is 6.14. The molecule has 6 heteroatoms. The summed E-state index contributed by atoms with van der Waals surface area (Å²) in [5.74, 6) is 0.766. The first-order valence-corrected chi connectivity index (χ1v) is 10.4. The molecule has 1 amide bonds. The fourth-order valence-corrected chi connectivity index (χ4v) is 3.04. The lowest BCUT2D eigenvalue weighted by atomic mass is 10.2. The largest absolute Gasteiger partial charge is 0.490 e. The van der Waals surface area contributed by atoms with Crippen LogP contribution in [0.4, 0.5) is 11.4 Å². The number of hydrogen-bond acceptors (Lipinski definition) is 4. The number of aliphatic imine (C=N–C) groups is 1. The number of ether oxygens (including phenoxy) is 2. The van der Waals surface area contributed by atoms with E-state index in [2.05, 4.69) is 10.3 Å². The molecule has 0 heterocycles. The smallest absolute Gasteiger partial charge is 0.262 e. The molecule has 1 N–H and O–H groups in total. The lowest BCUT2D eigenvalue weighted by Crippen LogP contribution is -2.20. The molecular weight excluding hydrogens is 412 g/mol. The Kier molecular flexibility index (Phi) is 7.68. The van der Waals surface area contributed by atoms with Crippen LogP contribution in [0.25, 0.3) is 0 Å². The third-order valence-corrected chi connectivity index (χ3v) is 4.96. The maximum Gasteiger partial charge on any atom is 0.262 e. The van der Waals surface area contributed by atoms with Crippen LogP contribution in [-0.2, 0) is 4.79 Å². The van der Waals surface area contributed by atoms with Gasteiger partial charge in [0, 0.05) is 16.9 Å². The Morgan fingerprint density at radius 3 is 2.55 bits per heavy atom. The molecule has 0 fully saturated rings. The minimum atomic E-state index is -0.285. The van der Waals surface area contributed by atoms with Crippen molar-refractivity contribution in [2.75, 3.05) is 18.5 Å². The molecule has 0 aliphatic rings. The number of benzene rings is 3. The van der Waals surface area contributed by atoms with Gasteiger partial charge in [-0.2, -0.15) is 0 Å². The highest BCUT2D eigenvalue weighted by Gasteiger charge is 2.10. The van der Waals surface area contributed by atoms with E-state index < -0.39 is 0 Å². The predicted molar refractivity (Wildman–Crippen MR) is 126 cm³/mol. The lowest BCUT2D eigenvalue weighted by molar-refractivity contribution is -0.118. The normalized spacial score (nSPS) is 10.8. The van der Waals surface area contributed by atoms with Crippen molar-refractivity contribution in [1.82, 2.24) is 0 Å². The van der Waals surface area contributed by atoms with Crippen LogP contribution in [0.3, 0.4) is 0 Å². The molecule has 0 aliphatic heterocycles. The number of aryl methyl sites for hydroxylation is 2. The Labute approximate surface area is 187 Å². The average molecular weight is 437 g/mol. The van der Waals surface area contributed by atoms with Gasteiger partial charge in [-0.1, -0.05) is 35.9 Å². The van der Waals surface area contributed by atoms with E-state index in [1.165, 1.54) is 0 Å². The van der Waals surface area contributed by atoms with Crippen LogP contribution in [0.5, 0.6) is 11.5 Å². The highest BCUT2D eigenvalue weighted by molar-refractivity contribution is 6.31. The zero-order chi connectivity index (χ0) is 22.2. The number of carbonyl (C=O) groups excluding carboxylic acids is 1. The second kappa shape index (κ2) is 10.6. The van der Waals surface area contributed by atoms with Gasteiger partial charge in [0.15, 0.2) is 18.1 Å². The Bertz CT molecular complexity index is 1100. The molecule has 0 bridgehead atoms. The Morgan fingerprint density at radius 2 is 1.81 bits per heavy atom. The number of amides is 1. The van der Waals surface area contributed by atoms with Gasteiger partial charge in [-0.15, -0.1) is 0 Å². The van der Waals surface area contributed by atoms with Crippen LogP contribution < -0.4 is 14.8 Å². The van der Waals surface area contributed by atoms with Gasteiger partial charge in [-0.3, -0.25) is 9.79 Å². The second-order valence-electron chi connectivity index (χ2n) is 6.98. The summed E-state index contributed by atoms with van der Waals surface area (Å²) in [5, 5.41) is 3.37. The van der Waals surface area contributed by atoms with Crippen molar-refractivity contribution in [2.24, 2.45) is 4.99 Å². The van der Waals surface area contributed by atoms with Gasteiger partial charge >= 0.3 is 0 Å². The maximum absolute atomic E-state index is 12.3. The van der Waals surface area contributed by atoms with Crippen LogP contribution >= 0.6 is 11.6 Å². The van der Waals surface area contributed by atoms with Gasteiger partial charge in [-0.25, -0.2) is 0 Å².